The number of likely N-dealkylation sites (tertiary alicyclic amines) is 1. The van der Waals surface area contributed by atoms with Crippen molar-refractivity contribution in [3.63, 3.8) is 0 Å². The van der Waals surface area contributed by atoms with Gasteiger partial charge in [0.05, 0.1) is 18.2 Å². The first-order valence-corrected chi connectivity index (χ1v) is 8.61. The number of hydrogen-bond donors (Lipinski definition) is 2. The first kappa shape index (κ1) is 16.3. The van der Waals surface area contributed by atoms with Gasteiger partial charge in [0.15, 0.2) is 5.58 Å². The topological polar surface area (TPSA) is 118 Å². The molecule has 8 nitrogen and oxygen atoms in total. The van der Waals surface area contributed by atoms with Crippen LogP contribution < -0.4 is 5.73 Å². The number of H-pyrrole nitrogens is 1. The summed E-state index contributed by atoms with van der Waals surface area (Å²) in [6, 6.07) is 8.98. The molecule has 3 heterocycles. The fourth-order valence-corrected chi connectivity index (χ4v) is 3.50. The molecule has 1 aliphatic heterocycles. The van der Waals surface area contributed by atoms with Gasteiger partial charge in [0.1, 0.15) is 11.4 Å². The zero-order valence-electron chi connectivity index (χ0n) is 14.1. The summed E-state index contributed by atoms with van der Waals surface area (Å²) in [7, 11) is 0. The van der Waals surface area contributed by atoms with E-state index >= 15 is 0 Å². The van der Waals surface area contributed by atoms with E-state index in [0.717, 1.165) is 30.3 Å². The van der Waals surface area contributed by atoms with Crippen molar-refractivity contribution in [3.05, 3.63) is 47.4 Å². The second kappa shape index (κ2) is 6.62. The number of aromatic nitrogens is 3. The molecule has 3 aromatic rings. The molecule has 2 aromatic heterocycles. The van der Waals surface area contributed by atoms with Crippen LogP contribution in [0.1, 0.15) is 47.2 Å². The van der Waals surface area contributed by atoms with Crippen LogP contribution in [0, 0.1) is 0 Å². The summed E-state index contributed by atoms with van der Waals surface area (Å²) in [5.41, 5.74) is 7.50. The van der Waals surface area contributed by atoms with Gasteiger partial charge in [0.25, 0.3) is 5.91 Å². The van der Waals surface area contributed by atoms with Crippen molar-refractivity contribution in [1.29, 1.82) is 0 Å². The van der Waals surface area contributed by atoms with Gasteiger partial charge >= 0.3 is 0 Å². The van der Waals surface area contributed by atoms with Crippen LogP contribution >= 0.6 is 0 Å². The van der Waals surface area contributed by atoms with Crippen molar-refractivity contribution in [2.75, 3.05) is 6.54 Å². The predicted molar refractivity (Wildman–Crippen MR) is 93.1 cm³/mol. The third kappa shape index (κ3) is 2.94. The number of carbonyl (C=O) groups excluding carboxylic acids is 2. The Kier molecular flexibility index (Phi) is 4.16. The molecular weight excluding hydrogens is 334 g/mol. The van der Waals surface area contributed by atoms with E-state index in [1.807, 2.05) is 29.2 Å². The number of carbonyl (C=O) groups is 2. The van der Waals surface area contributed by atoms with Crippen LogP contribution in [0.2, 0.25) is 0 Å². The van der Waals surface area contributed by atoms with E-state index in [1.54, 1.807) is 6.07 Å². The summed E-state index contributed by atoms with van der Waals surface area (Å²) in [5, 5.41) is 11.7. The molecule has 0 saturated carbocycles. The molecule has 1 aromatic carbocycles. The number of piperidine rings is 1. The van der Waals surface area contributed by atoms with E-state index in [4.69, 9.17) is 10.3 Å². The smallest absolute Gasteiger partial charge is 0.269 e. The Balaban J connectivity index is 1.57. The van der Waals surface area contributed by atoms with E-state index in [2.05, 4.69) is 15.4 Å². The highest BCUT2D eigenvalue weighted by Gasteiger charge is 2.30. The second-order valence-electron chi connectivity index (χ2n) is 6.47. The monoisotopic (exact) mass is 353 g/mol. The molecule has 2 amide bonds. The maximum Gasteiger partial charge on any atom is 0.269 e. The minimum absolute atomic E-state index is 0.0241. The van der Waals surface area contributed by atoms with Gasteiger partial charge in [-0.15, -0.1) is 0 Å². The molecular formula is C18H19N5O3. The fourth-order valence-electron chi connectivity index (χ4n) is 3.50. The van der Waals surface area contributed by atoms with Gasteiger partial charge in [-0.25, -0.2) is 0 Å². The third-order valence-electron chi connectivity index (χ3n) is 4.80. The lowest BCUT2D eigenvalue weighted by atomic mass is 9.98. The fraction of sp³-hybridized carbons (Fsp3) is 0.333. The Morgan fingerprint density at radius 1 is 1.31 bits per heavy atom. The van der Waals surface area contributed by atoms with Crippen LogP contribution in [0.15, 0.2) is 34.9 Å². The standard InChI is InChI=1S/C18H19N5O3/c19-18(25)14-9-13(20-21-14)15-6-3-4-8-23(15)17(24)10-12-11-5-1-2-7-16(11)26-22-12/h1-2,5,7,9,15H,3-4,6,8,10H2,(H2,19,25)(H,20,21). The summed E-state index contributed by atoms with van der Waals surface area (Å²) in [6.45, 7) is 0.657. The van der Waals surface area contributed by atoms with Crippen molar-refractivity contribution in [3.8, 4) is 0 Å². The first-order valence-electron chi connectivity index (χ1n) is 8.61. The lowest BCUT2D eigenvalue weighted by Gasteiger charge is -2.35. The molecule has 8 heteroatoms. The van der Waals surface area contributed by atoms with E-state index < -0.39 is 5.91 Å². The average Bonchev–Trinajstić information content (AvgIpc) is 3.30. The number of nitrogens with one attached hydrogen (secondary N) is 1. The molecule has 134 valence electrons. The molecule has 1 fully saturated rings. The van der Waals surface area contributed by atoms with E-state index in [0.29, 0.717) is 17.8 Å². The van der Waals surface area contributed by atoms with Gasteiger partial charge in [0, 0.05) is 11.9 Å². The molecule has 1 saturated heterocycles. The molecule has 0 radical (unpaired) electrons. The number of fused-ring (bicyclic) bond motifs is 1. The van der Waals surface area contributed by atoms with E-state index in [1.165, 1.54) is 0 Å². The number of nitrogens with zero attached hydrogens (tertiary/aromatic N) is 3. The number of benzene rings is 1. The number of rotatable bonds is 4. The molecule has 3 N–H and O–H groups in total. The van der Waals surface area contributed by atoms with Crippen molar-refractivity contribution < 1.29 is 14.1 Å². The highest BCUT2D eigenvalue weighted by atomic mass is 16.5. The van der Waals surface area contributed by atoms with Gasteiger partial charge in [-0.05, 0) is 37.5 Å². The van der Waals surface area contributed by atoms with Crippen molar-refractivity contribution >= 4 is 22.8 Å². The first-order chi connectivity index (χ1) is 12.6. The number of hydrogen-bond acceptors (Lipinski definition) is 5. The van der Waals surface area contributed by atoms with Crippen LogP contribution in [0.3, 0.4) is 0 Å². The van der Waals surface area contributed by atoms with Gasteiger partial charge in [-0.3, -0.25) is 14.7 Å². The molecule has 1 unspecified atom stereocenters. The Bertz CT molecular complexity index is 961. The maximum absolute atomic E-state index is 13.0. The van der Waals surface area contributed by atoms with Crippen LogP contribution in [-0.4, -0.2) is 38.6 Å². The minimum Gasteiger partial charge on any atom is -0.364 e. The van der Waals surface area contributed by atoms with Gasteiger partial charge < -0.3 is 15.2 Å². The zero-order chi connectivity index (χ0) is 18.1. The van der Waals surface area contributed by atoms with E-state index in [9.17, 15) is 9.59 Å². The quantitative estimate of drug-likeness (QED) is 0.743. The predicted octanol–water partition coefficient (Wildman–Crippen LogP) is 1.95. The molecule has 0 aliphatic carbocycles. The Morgan fingerprint density at radius 3 is 2.96 bits per heavy atom. The number of para-hydroxylation sites is 1. The summed E-state index contributed by atoms with van der Waals surface area (Å²) in [4.78, 5) is 26.1. The summed E-state index contributed by atoms with van der Waals surface area (Å²) in [5.74, 6) is -0.612. The van der Waals surface area contributed by atoms with Crippen molar-refractivity contribution in [2.24, 2.45) is 5.73 Å². The van der Waals surface area contributed by atoms with Crippen LogP contribution in [0.5, 0.6) is 0 Å². The SMILES string of the molecule is NC(=O)c1cc(C2CCCCN2C(=O)Cc2noc3ccccc23)[nH]n1. The highest BCUT2D eigenvalue weighted by molar-refractivity contribution is 5.91. The Hall–Kier alpha value is -3.16. The largest absolute Gasteiger partial charge is 0.364 e. The summed E-state index contributed by atoms with van der Waals surface area (Å²) >= 11 is 0. The second-order valence-corrected chi connectivity index (χ2v) is 6.47. The van der Waals surface area contributed by atoms with Crippen LogP contribution in [0.4, 0.5) is 0 Å². The normalized spacial score (nSPS) is 17.5. The highest BCUT2D eigenvalue weighted by Crippen LogP contribution is 2.31. The maximum atomic E-state index is 13.0. The van der Waals surface area contributed by atoms with Crippen molar-refractivity contribution in [2.45, 2.75) is 31.7 Å². The molecule has 4 rings (SSSR count). The molecule has 1 aliphatic rings. The van der Waals surface area contributed by atoms with Crippen LogP contribution in [-0.2, 0) is 11.2 Å². The number of aromatic amines is 1. The molecule has 0 bridgehead atoms. The van der Waals surface area contributed by atoms with E-state index in [-0.39, 0.29) is 24.1 Å². The lowest BCUT2D eigenvalue weighted by Crippen LogP contribution is -2.39. The Morgan fingerprint density at radius 2 is 2.15 bits per heavy atom. The summed E-state index contributed by atoms with van der Waals surface area (Å²) in [6.07, 6.45) is 2.93. The number of amides is 2. The van der Waals surface area contributed by atoms with Crippen molar-refractivity contribution in [1.82, 2.24) is 20.3 Å². The third-order valence-corrected chi connectivity index (χ3v) is 4.80. The lowest BCUT2D eigenvalue weighted by molar-refractivity contribution is -0.134. The van der Waals surface area contributed by atoms with Gasteiger partial charge in [-0.2, -0.15) is 5.10 Å². The van der Waals surface area contributed by atoms with Gasteiger partial charge in [0.2, 0.25) is 5.91 Å². The minimum atomic E-state index is -0.588. The molecule has 26 heavy (non-hydrogen) atoms. The number of primary amides is 1. The molecule has 1 atom stereocenters. The van der Waals surface area contributed by atoms with Crippen LogP contribution in [0.25, 0.3) is 11.0 Å². The molecule has 0 spiro atoms. The Labute approximate surface area is 149 Å². The zero-order valence-corrected chi connectivity index (χ0v) is 14.1. The van der Waals surface area contributed by atoms with Gasteiger partial charge in [-0.1, -0.05) is 17.3 Å². The number of nitrogens with two attached hydrogens (primary N) is 1. The average molecular weight is 353 g/mol. The summed E-state index contributed by atoms with van der Waals surface area (Å²) < 4.78 is 5.29.